The molecule has 1 heterocycles. The number of allylic oxidation sites excluding steroid dienone is 5. The number of hydrogen-bond acceptors (Lipinski definition) is 5. The summed E-state index contributed by atoms with van der Waals surface area (Å²) in [5.41, 5.74) is 4.94. The van der Waals surface area contributed by atoms with Gasteiger partial charge >= 0.3 is 0 Å². The highest BCUT2D eigenvalue weighted by atomic mass is 19.3. The molecule has 1 saturated heterocycles. The lowest BCUT2D eigenvalue weighted by atomic mass is 9.98. The van der Waals surface area contributed by atoms with E-state index in [9.17, 15) is 13.9 Å². The Morgan fingerprint density at radius 2 is 1.73 bits per heavy atom. The van der Waals surface area contributed by atoms with Gasteiger partial charge in [0.05, 0.1) is 18.2 Å². The van der Waals surface area contributed by atoms with Crippen LogP contribution in [0.15, 0.2) is 85.1 Å². The van der Waals surface area contributed by atoms with Crippen molar-refractivity contribution in [2.75, 3.05) is 39.8 Å². The van der Waals surface area contributed by atoms with Crippen LogP contribution in [0.4, 0.5) is 8.78 Å². The minimum Gasteiger partial charge on any atom is -0.494 e. The van der Waals surface area contributed by atoms with Crippen LogP contribution >= 0.6 is 0 Å². The molecule has 1 aromatic carbocycles. The molecule has 2 rings (SSSR count). The summed E-state index contributed by atoms with van der Waals surface area (Å²) in [6.07, 6.45) is 6.10. The molecule has 1 fully saturated rings. The Bertz CT molecular complexity index is 1100. The predicted molar refractivity (Wildman–Crippen MR) is 166 cm³/mol. The van der Waals surface area contributed by atoms with Crippen molar-refractivity contribution in [2.24, 2.45) is 0 Å². The van der Waals surface area contributed by atoms with Gasteiger partial charge in [-0.05, 0) is 48.8 Å². The monoisotopic (exact) mass is 554 g/mol. The molecule has 0 unspecified atom stereocenters. The summed E-state index contributed by atoms with van der Waals surface area (Å²) < 4.78 is 25.3. The number of rotatable bonds is 10. The molecule has 0 radical (unpaired) electrons. The fourth-order valence-electron chi connectivity index (χ4n) is 3.91. The third-order valence-electron chi connectivity index (χ3n) is 6.09. The second kappa shape index (κ2) is 19.4. The average Bonchev–Trinajstić information content (AvgIpc) is 2.95. The van der Waals surface area contributed by atoms with Gasteiger partial charge in [0.25, 0.3) is 6.43 Å². The van der Waals surface area contributed by atoms with Gasteiger partial charge < -0.3 is 14.9 Å². The summed E-state index contributed by atoms with van der Waals surface area (Å²) in [7, 11) is 1.71. The maximum atomic E-state index is 12.6. The van der Waals surface area contributed by atoms with E-state index in [2.05, 4.69) is 44.6 Å². The first kappa shape index (κ1) is 36.4. The van der Waals surface area contributed by atoms with E-state index in [1.165, 1.54) is 6.42 Å². The number of hydrogen-bond donors (Lipinski definition) is 1. The first-order valence-corrected chi connectivity index (χ1v) is 13.8. The molecule has 0 atom stereocenters. The lowest BCUT2D eigenvalue weighted by Crippen LogP contribution is -2.47. The highest BCUT2D eigenvalue weighted by molar-refractivity contribution is 5.77. The largest absolute Gasteiger partial charge is 0.494 e. The number of piperazine rings is 1. The number of aliphatic hydroxyl groups excluding tert-OH is 1. The van der Waals surface area contributed by atoms with Crippen LogP contribution < -0.4 is 0 Å². The van der Waals surface area contributed by atoms with Gasteiger partial charge in [0.2, 0.25) is 0 Å². The van der Waals surface area contributed by atoms with E-state index in [1.54, 1.807) is 47.2 Å². The summed E-state index contributed by atoms with van der Waals surface area (Å²) in [6.45, 7) is 26.3. The van der Waals surface area contributed by atoms with Crippen molar-refractivity contribution in [3.8, 4) is 6.07 Å². The van der Waals surface area contributed by atoms with Crippen LogP contribution in [0, 0.1) is 18.3 Å². The molecule has 1 aliphatic heterocycles. The van der Waals surface area contributed by atoms with Gasteiger partial charge in [-0.1, -0.05) is 78.1 Å². The number of likely N-dealkylation sites (N-methyl/N-ethyl adjacent to an activating group) is 1. The van der Waals surface area contributed by atoms with Gasteiger partial charge in [-0.2, -0.15) is 5.26 Å². The van der Waals surface area contributed by atoms with E-state index in [-0.39, 0.29) is 12.4 Å². The summed E-state index contributed by atoms with van der Waals surface area (Å²) >= 11 is 0. The molecule has 0 bridgehead atoms. The quantitative estimate of drug-likeness (QED) is 0.234. The number of halogens is 2. The maximum absolute atomic E-state index is 12.6. The summed E-state index contributed by atoms with van der Waals surface area (Å²) in [5, 5.41) is 20.1. The third kappa shape index (κ3) is 11.2. The number of nitriles is 1. The fraction of sp³-hybridized carbons (Fsp3) is 0.424. The summed E-state index contributed by atoms with van der Waals surface area (Å²) in [6, 6.07) is 7.36. The van der Waals surface area contributed by atoms with E-state index in [4.69, 9.17) is 5.26 Å². The second-order valence-corrected chi connectivity index (χ2v) is 9.04. The van der Waals surface area contributed by atoms with E-state index >= 15 is 0 Å². The smallest absolute Gasteiger partial charge is 0.251 e. The van der Waals surface area contributed by atoms with Crippen molar-refractivity contribution in [3.63, 3.8) is 0 Å². The van der Waals surface area contributed by atoms with Gasteiger partial charge in [-0.25, -0.2) is 8.78 Å². The van der Waals surface area contributed by atoms with Crippen molar-refractivity contribution < 1.29 is 13.9 Å². The lowest BCUT2D eigenvalue weighted by Gasteiger charge is -2.37. The van der Waals surface area contributed by atoms with Crippen molar-refractivity contribution in [1.82, 2.24) is 14.7 Å². The van der Waals surface area contributed by atoms with Crippen LogP contribution in [0.25, 0.3) is 5.57 Å². The van der Waals surface area contributed by atoms with E-state index in [1.807, 2.05) is 39.8 Å². The van der Waals surface area contributed by atoms with Crippen molar-refractivity contribution in [3.05, 3.63) is 102 Å². The van der Waals surface area contributed by atoms with Crippen LogP contribution in [0.2, 0.25) is 0 Å². The Balaban J connectivity index is 0.00000284. The van der Waals surface area contributed by atoms with E-state index < -0.39 is 6.43 Å². The average molecular weight is 555 g/mol. The van der Waals surface area contributed by atoms with Gasteiger partial charge in [0.15, 0.2) is 5.88 Å². The normalized spacial score (nSPS) is 14.3. The molecule has 0 aromatic heterocycles. The number of alkyl halides is 2. The molecule has 0 amide bonds. The van der Waals surface area contributed by atoms with E-state index in [0.717, 1.165) is 22.4 Å². The molecule has 1 aromatic rings. The minimum absolute atomic E-state index is 0.0153. The molecule has 0 spiro atoms. The first-order chi connectivity index (χ1) is 19.0. The Labute approximate surface area is 241 Å². The highest BCUT2D eigenvalue weighted by Gasteiger charge is 2.21. The molecule has 1 aliphatic rings. The standard InChI is InChI=1S/C28H34F2N4O.C3H8.C2H6/c1-7-24(22(5)34-15-13-33(14-16-34)19-27(29)30)11-9-21(4)32(6)28(35)25(8-2)26-12-10-23(18-31)17-20(26)3;1-3-2;1-2/h7-12,17,27,35H,2,4-5,13-16,19H2,1,3,6H3;3H2,1-2H3;1-2H3/b11-9-,24-7+,28-25-;;. The summed E-state index contributed by atoms with van der Waals surface area (Å²) in [4.78, 5) is 5.41. The molecule has 1 N–H and O–H groups in total. The Hall–Kier alpha value is -3.63. The minimum atomic E-state index is -2.32. The van der Waals surface area contributed by atoms with Gasteiger partial charge in [-0.3, -0.25) is 4.90 Å². The Morgan fingerprint density at radius 3 is 2.17 bits per heavy atom. The lowest BCUT2D eigenvalue weighted by molar-refractivity contribution is 0.0646. The van der Waals surface area contributed by atoms with Crippen LogP contribution in [0.1, 0.15) is 57.7 Å². The first-order valence-electron chi connectivity index (χ1n) is 13.8. The van der Waals surface area contributed by atoms with Crippen molar-refractivity contribution in [2.45, 2.75) is 54.4 Å². The zero-order valence-corrected chi connectivity index (χ0v) is 25.5. The second-order valence-electron chi connectivity index (χ2n) is 9.04. The predicted octanol–water partition coefficient (Wildman–Crippen LogP) is 8.07. The molecule has 5 nitrogen and oxygen atoms in total. The molecule has 220 valence electrons. The highest BCUT2D eigenvalue weighted by Crippen LogP contribution is 2.26. The van der Waals surface area contributed by atoms with Crippen LogP contribution in [-0.4, -0.2) is 66.0 Å². The molecule has 7 heteroatoms. The fourth-order valence-corrected chi connectivity index (χ4v) is 3.91. The van der Waals surface area contributed by atoms with E-state index in [0.29, 0.717) is 43.0 Å². The van der Waals surface area contributed by atoms with Crippen LogP contribution in [-0.2, 0) is 0 Å². The van der Waals surface area contributed by atoms with Crippen molar-refractivity contribution in [1.29, 1.82) is 5.26 Å². The SMILES string of the molecule is C=C/C(=C(/O)N(C)C(=C)/C=C\C(=C/C)C(=C)N1CCN(CC(F)F)CC1)c1ccc(C#N)cc1C.CC.CCC. The number of nitrogens with zero attached hydrogens (tertiary/aromatic N) is 4. The van der Waals surface area contributed by atoms with Crippen LogP contribution in [0.5, 0.6) is 0 Å². The number of aryl methyl sites for hydroxylation is 1. The number of aliphatic hydroxyl groups is 1. The molecular formula is C33H48F2N4O. The summed E-state index contributed by atoms with van der Waals surface area (Å²) in [5.74, 6) is -0.0153. The Morgan fingerprint density at radius 1 is 1.15 bits per heavy atom. The van der Waals surface area contributed by atoms with Gasteiger partial charge in [-0.15, -0.1) is 0 Å². The molecule has 0 saturated carbocycles. The van der Waals surface area contributed by atoms with Crippen molar-refractivity contribution >= 4 is 5.57 Å². The zero-order valence-electron chi connectivity index (χ0n) is 25.5. The maximum Gasteiger partial charge on any atom is 0.251 e. The number of benzene rings is 1. The third-order valence-corrected chi connectivity index (χ3v) is 6.09. The molecule has 40 heavy (non-hydrogen) atoms. The van der Waals surface area contributed by atoms with Gasteiger partial charge in [0, 0.05) is 50.2 Å². The topological polar surface area (TPSA) is 53.7 Å². The zero-order chi connectivity index (χ0) is 30.8. The molecular weight excluding hydrogens is 506 g/mol. The Kier molecular flexibility index (Phi) is 17.7. The molecule has 0 aliphatic carbocycles. The van der Waals surface area contributed by atoms with Gasteiger partial charge in [0.1, 0.15) is 0 Å². The van der Waals surface area contributed by atoms with Crippen LogP contribution in [0.3, 0.4) is 0 Å².